The van der Waals surface area contributed by atoms with Crippen molar-refractivity contribution in [2.75, 3.05) is 7.11 Å². The zero-order valence-corrected chi connectivity index (χ0v) is 16.3. The molecule has 8 heteroatoms. The van der Waals surface area contributed by atoms with E-state index >= 15 is 0 Å². The molecule has 0 unspecified atom stereocenters. The van der Waals surface area contributed by atoms with Gasteiger partial charge in [-0.2, -0.15) is 4.98 Å². The molecule has 0 spiro atoms. The summed E-state index contributed by atoms with van der Waals surface area (Å²) in [7, 11) is 1.56. The number of aromatic nitrogens is 2. The van der Waals surface area contributed by atoms with Crippen LogP contribution < -0.4 is 4.74 Å². The second kappa shape index (κ2) is 8.92. The second-order valence-electron chi connectivity index (χ2n) is 5.55. The van der Waals surface area contributed by atoms with Crippen molar-refractivity contribution in [3.8, 4) is 5.75 Å². The molecule has 0 saturated heterocycles. The quantitative estimate of drug-likeness (QED) is 0.417. The Bertz CT molecular complexity index is 945. The zero-order valence-electron chi connectivity index (χ0n) is 14.8. The summed E-state index contributed by atoms with van der Waals surface area (Å²) in [6.45, 7) is 1.82. The molecule has 0 aliphatic heterocycles. The smallest absolute Gasteiger partial charge is 0.339 e. The number of hydrogen-bond donors (Lipinski definition) is 0. The van der Waals surface area contributed by atoms with Crippen molar-refractivity contribution < 1.29 is 18.8 Å². The first-order chi connectivity index (χ1) is 13.1. The maximum atomic E-state index is 12.6. The third kappa shape index (κ3) is 5.02. The fourth-order valence-corrected chi connectivity index (χ4v) is 3.45. The summed E-state index contributed by atoms with van der Waals surface area (Å²) < 4.78 is 15.8. The Labute approximate surface area is 165 Å². The van der Waals surface area contributed by atoms with Gasteiger partial charge in [0.25, 0.3) is 0 Å². The molecule has 0 aliphatic carbocycles. The first-order valence-corrected chi connectivity index (χ1v) is 9.43. The van der Waals surface area contributed by atoms with Gasteiger partial charge >= 0.3 is 5.97 Å². The second-order valence-corrected chi connectivity index (χ2v) is 7.01. The highest BCUT2D eigenvalue weighted by Gasteiger charge is 2.15. The highest BCUT2D eigenvalue weighted by molar-refractivity contribution is 7.98. The summed E-state index contributed by atoms with van der Waals surface area (Å²) in [5.74, 6) is 1.73. The molecule has 0 fully saturated rings. The van der Waals surface area contributed by atoms with Gasteiger partial charge in [-0.1, -0.05) is 28.9 Å². The van der Waals surface area contributed by atoms with Gasteiger partial charge in [-0.25, -0.2) is 4.79 Å². The average molecular weight is 405 g/mol. The van der Waals surface area contributed by atoms with E-state index in [-0.39, 0.29) is 6.61 Å². The standard InChI is InChI=1S/C19H17ClN2O4S/c1-12-21-18(26-22-12)11-27-17-6-4-3-5-15(17)19(23)25-10-13-9-14(20)7-8-16(13)24-2/h3-9H,10-11H2,1-2H3. The van der Waals surface area contributed by atoms with Crippen molar-refractivity contribution in [2.24, 2.45) is 0 Å². The summed E-state index contributed by atoms with van der Waals surface area (Å²) in [6.07, 6.45) is 0. The van der Waals surface area contributed by atoms with Gasteiger partial charge in [-0.15, -0.1) is 11.8 Å². The molecule has 0 radical (unpaired) electrons. The first-order valence-electron chi connectivity index (χ1n) is 8.07. The molecule has 0 atom stereocenters. The number of thioether (sulfide) groups is 1. The van der Waals surface area contributed by atoms with E-state index < -0.39 is 5.97 Å². The number of carbonyl (C=O) groups excluding carboxylic acids is 1. The maximum Gasteiger partial charge on any atom is 0.339 e. The van der Waals surface area contributed by atoms with Crippen LogP contribution in [0.1, 0.15) is 27.6 Å². The van der Waals surface area contributed by atoms with Crippen LogP contribution in [0.15, 0.2) is 51.9 Å². The lowest BCUT2D eigenvalue weighted by atomic mass is 10.2. The normalized spacial score (nSPS) is 10.6. The number of aryl methyl sites for hydroxylation is 1. The van der Waals surface area contributed by atoms with E-state index in [1.807, 2.05) is 12.1 Å². The number of rotatable bonds is 7. The van der Waals surface area contributed by atoms with Crippen molar-refractivity contribution in [2.45, 2.75) is 24.2 Å². The third-order valence-electron chi connectivity index (χ3n) is 3.63. The molecule has 140 valence electrons. The Balaban J connectivity index is 1.69. The maximum absolute atomic E-state index is 12.6. The molecule has 3 rings (SSSR count). The number of carbonyl (C=O) groups is 1. The number of methoxy groups -OCH3 is 1. The number of halogens is 1. The lowest BCUT2D eigenvalue weighted by molar-refractivity contribution is 0.0466. The highest BCUT2D eigenvalue weighted by Crippen LogP contribution is 2.28. The fourth-order valence-electron chi connectivity index (χ4n) is 2.38. The minimum Gasteiger partial charge on any atom is -0.496 e. The lowest BCUT2D eigenvalue weighted by Crippen LogP contribution is -2.07. The van der Waals surface area contributed by atoms with Crippen molar-refractivity contribution in [3.05, 3.63) is 70.3 Å². The SMILES string of the molecule is COc1ccc(Cl)cc1COC(=O)c1ccccc1SCc1nc(C)no1. The molecular weight excluding hydrogens is 388 g/mol. The largest absolute Gasteiger partial charge is 0.496 e. The van der Waals surface area contributed by atoms with Crippen LogP contribution in [0, 0.1) is 6.92 Å². The summed E-state index contributed by atoms with van der Waals surface area (Å²) in [4.78, 5) is 17.5. The molecule has 1 aromatic heterocycles. The van der Waals surface area contributed by atoms with Gasteiger partial charge in [-0.3, -0.25) is 0 Å². The van der Waals surface area contributed by atoms with Gasteiger partial charge in [0, 0.05) is 15.5 Å². The average Bonchev–Trinajstić information content (AvgIpc) is 3.10. The van der Waals surface area contributed by atoms with Crippen molar-refractivity contribution in [1.29, 1.82) is 0 Å². The summed E-state index contributed by atoms with van der Waals surface area (Å²) in [6, 6.07) is 12.4. The molecule has 1 heterocycles. The van der Waals surface area contributed by atoms with Gasteiger partial charge in [0.15, 0.2) is 5.82 Å². The van der Waals surface area contributed by atoms with Gasteiger partial charge in [0.1, 0.15) is 12.4 Å². The number of ether oxygens (including phenoxy) is 2. The Morgan fingerprint density at radius 2 is 2.07 bits per heavy atom. The molecule has 0 bridgehead atoms. The van der Waals surface area contributed by atoms with Crippen LogP contribution in [0.2, 0.25) is 5.02 Å². The molecule has 2 aromatic carbocycles. The van der Waals surface area contributed by atoms with Crippen LogP contribution in [0.3, 0.4) is 0 Å². The van der Waals surface area contributed by atoms with Crippen molar-refractivity contribution in [1.82, 2.24) is 10.1 Å². The van der Waals surface area contributed by atoms with Gasteiger partial charge in [0.2, 0.25) is 5.89 Å². The van der Waals surface area contributed by atoms with Gasteiger partial charge < -0.3 is 14.0 Å². The molecule has 3 aromatic rings. The van der Waals surface area contributed by atoms with E-state index in [0.29, 0.717) is 39.4 Å². The van der Waals surface area contributed by atoms with Crippen LogP contribution in [0.4, 0.5) is 0 Å². The van der Waals surface area contributed by atoms with E-state index in [9.17, 15) is 4.79 Å². The molecule has 27 heavy (non-hydrogen) atoms. The lowest BCUT2D eigenvalue weighted by Gasteiger charge is -2.11. The first kappa shape index (κ1) is 19.3. The molecular formula is C19H17ClN2O4S. The predicted octanol–water partition coefficient (Wildman–Crippen LogP) is 4.69. The molecule has 6 nitrogen and oxygen atoms in total. The van der Waals surface area contributed by atoms with Crippen LogP contribution in [0.25, 0.3) is 0 Å². The van der Waals surface area contributed by atoms with E-state index in [2.05, 4.69) is 10.1 Å². The minimum absolute atomic E-state index is 0.0599. The van der Waals surface area contributed by atoms with Crippen molar-refractivity contribution in [3.63, 3.8) is 0 Å². The van der Waals surface area contributed by atoms with E-state index in [1.165, 1.54) is 11.8 Å². The number of hydrogen-bond acceptors (Lipinski definition) is 7. The highest BCUT2D eigenvalue weighted by atomic mass is 35.5. The monoisotopic (exact) mass is 404 g/mol. The molecule has 0 aliphatic rings. The van der Waals surface area contributed by atoms with E-state index in [0.717, 1.165) is 4.90 Å². The summed E-state index contributed by atoms with van der Waals surface area (Å²) in [5, 5.41) is 4.31. The Morgan fingerprint density at radius 1 is 1.26 bits per heavy atom. The van der Waals surface area contributed by atoms with E-state index in [4.69, 9.17) is 25.6 Å². The van der Waals surface area contributed by atoms with Gasteiger partial charge in [-0.05, 0) is 37.3 Å². The van der Waals surface area contributed by atoms with E-state index in [1.54, 1.807) is 44.4 Å². The molecule has 0 N–H and O–H groups in total. The number of esters is 1. The minimum atomic E-state index is -0.429. The number of benzene rings is 2. The van der Waals surface area contributed by atoms with Gasteiger partial charge in [0.05, 0.1) is 18.4 Å². The van der Waals surface area contributed by atoms with Crippen LogP contribution in [-0.4, -0.2) is 23.2 Å². The summed E-state index contributed by atoms with van der Waals surface area (Å²) in [5.41, 5.74) is 1.17. The predicted molar refractivity (Wildman–Crippen MR) is 102 cm³/mol. The Kier molecular flexibility index (Phi) is 6.36. The topological polar surface area (TPSA) is 74.5 Å². The summed E-state index contributed by atoms with van der Waals surface area (Å²) >= 11 is 7.44. The molecule has 0 saturated carbocycles. The fraction of sp³-hybridized carbons (Fsp3) is 0.211. The Hall–Kier alpha value is -2.51. The van der Waals surface area contributed by atoms with Crippen LogP contribution in [0.5, 0.6) is 5.75 Å². The number of nitrogens with zero attached hydrogens (tertiary/aromatic N) is 2. The zero-order chi connectivity index (χ0) is 19.2. The van der Waals surface area contributed by atoms with Crippen molar-refractivity contribution >= 4 is 29.3 Å². The van der Waals surface area contributed by atoms with Crippen LogP contribution in [-0.2, 0) is 17.1 Å². The molecule has 0 amide bonds. The third-order valence-corrected chi connectivity index (χ3v) is 4.92. The van der Waals surface area contributed by atoms with Crippen LogP contribution >= 0.6 is 23.4 Å². The Morgan fingerprint density at radius 3 is 2.81 bits per heavy atom.